The minimum absolute atomic E-state index is 0.634. The minimum atomic E-state index is 0.634. The number of aromatic nitrogens is 2. The van der Waals surface area contributed by atoms with Crippen LogP contribution in [0, 0.1) is 0 Å². The summed E-state index contributed by atoms with van der Waals surface area (Å²) in [5.74, 6) is 1.47. The Labute approximate surface area is 113 Å². The van der Waals surface area contributed by atoms with E-state index in [1.807, 2.05) is 13.1 Å². The van der Waals surface area contributed by atoms with Crippen molar-refractivity contribution < 1.29 is 0 Å². The second kappa shape index (κ2) is 5.26. The SMILES string of the molecule is CNc1nccc(Nc2cccc3c2CCCC3)n1. The Balaban J connectivity index is 1.90. The van der Waals surface area contributed by atoms with Crippen LogP contribution in [0.15, 0.2) is 30.5 Å². The second-order valence-corrected chi connectivity index (χ2v) is 4.79. The van der Waals surface area contributed by atoms with Crippen molar-refractivity contribution in [3.63, 3.8) is 0 Å². The van der Waals surface area contributed by atoms with E-state index < -0.39 is 0 Å². The molecular weight excluding hydrogens is 236 g/mol. The molecule has 4 nitrogen and oxygen atoms in total. The molecule has 1 aliphatic rings. The number of hydrogen-bond acceptors (Lipinski definition) is 4. The molecule has 0 spiro atoms. The van der Waals surface area contributed by atoms with Gasteiger partial charge in [-0.25, -0.2) is 4.98 Å². The van der Waals surface area contributed by atoms with E-state index in [4.69, 9.17) is 0 Å². The molecule has 1 aromatic heterocycles. The predicted octanol–water partition coefficient (Wildman–Crippen LogP) is 3.14. The monoisotopic (exact) mass is 254 g/mol. The molecule has 0 unspecified atom stereocenters. The highest BCUT2D eigenvalue weighted by Gasteiger charge is 2.13. The normalized spacial score (nSPS) is 13.7. The first kappa shape index (κ1) is 12.0. The van der Waals surface area contributed by atoms with Crippen molar-refractivity contribution in [2.24, 2.45) is 0 Å². The molecule has 19 heavy (non-hydrogen) atoms. The fraction of sp³-hybridized carbons (Fsp3) is 0.333. The van der Waals surface area contributed by atoms with Crippen molar-refractivity contribution >= 4 is 17.5 Å². The average molecular weight is 254 g/mol. The van der Waals surface area contributed by atoms with Crippen molar-refractivity contribution in [3.8, 4) is 0 Å². The fourth-order valence-electron chi connectivity index (χ4n) is 2.59. The highest BCUT2D eigenvalue weighted by Crippen LogP contribution is 2.29. The van der Waals surface area contributed by atoms with Gasteiger partial charge in [0.1, 0.15) is 5.82 Å². The van der Waals surface area contributed by atoms with Gasteiger partial charge in [0, 0.05) is 18.9 Å². The van der Waals surface area contributed by atoms with E-state index in [0.717, 1.165) is 12.2 Å². The van der Waals surface area contributed by atoms with E-state index in [1.165, 1.54) is 36.1 Å². The molecule has 0 radical (unpaired) electrons. The number of rotatable bonds is 3. The summed E-state index contributed by atoms with van der Waals surface area (Å²) in [5, 5.41) is 6.37. The molecule has 0 atom stereocenters. The zero-order valence-electron chi connectivity index (χ0n) is 11.1. The van der Waals surface area contributed by atoms with Crippen molar-refractivity contribution in [3.05, 3.63) is 41.6 Å². The maximum absolute atomic E-state index is 4.40. The van der Waals surface area contributed by atoms with Gasteiger partial charge in [0.25, 0.3) is 0 Å². The zero-order chi connectivity index (χ0) is 13.1. The Hall–Kier alpha value is -2.10. The third-order valence-corrected chi connectivity index (χ3v) is 3.54. The number of anilines is 3. The van der Waals surface area contributed by atoms with Crippen LogP contribution in [0.1, 0.15) is 24.0 Å². The quantitative estimate of drug-likeness (QED) is 0.883. The summed E-state index contributed by atoms with van der Waals surface area (Å²) in [6.07, 6.45) is 6.68. The topological polar surface area (TPSA) is 49.8 Å². The fourth-order valence-corrected chi connectivity index (χ4v) is 2.59. The average Bonchev–Trinajstić information content (AvgIpc) is 2.48. The van der Waals surface area contributed by atoms with Gasteiger partial charge in [0.15, 0.2) is 0 Å². The second-order valence-electron chi connectivity index (χ2n) is 4.79. The van der Waals surface area contributed by atoms with Crippen LogP contribution in [0.5, 0.6) is 0 Å². The molecule has 2 aromatic rings. The van der Waals surface area contributed by atoms with Crippen LogP contribution >= 0.6 is 0 Å². The third-order valence-electron chi connectivity index (χ3n) is 3.54. The van der Waals surface area contributed by atoms with Gasteiger partial charge in [0.05, 0.1) is 0 Å². The lowest BCUT2D eigenvalue weighted by Crippen LogP contribution is -2.07. The molecule has 0 bridgehead atoms. The highest BCUT2D eigenvalue weighted by atomic mass is 15.1. The summed E-state index contributed by atoms with van der Waals surface area (Å²) in [5.41, 5.74) is 4.09. The number of hydrogen-bond donors (Lipinski definition) is 2. The van der Waals surface area contributed by atoms with Crippen molar-refractivity contribution in [2.45, 2.75) is 25.7 Å². The minimum Gasteiger partial charge on any atom is -0.357 e. The predicted molar refractivity (Wildman–Crippen MR) is 77.9 cm³/mol. The van der Waals surface area contributed by atoms with Gasteiger partial charge in [-0.15, -0.1) is 0 Å². The van der Waals surface area contributed by atoms with Gasteiger partial charge in [-0.1, -0.05) is 12.1 Å². The maximum Gasteiger partial charge on any atom is 0.224 e. The number of benzene rings is 1. The Morgan fingerprint density at radius 3 is 2.89 bits per heavy atom. The molecule has 3 rings (SSSR count). The lowest BCUT2D eigenvalue weighted by atomic mass is 9.90. The highest BCUT2D eigenvalue weighted by molar-refractivity contribution is 5.63. The van der Waals surface area contributed by atoms with Gasteiger partial charge in [-0.05, 0) is 48.9 Å². The molecule has 98 valence electrons. The molecule has 1 aromatic carbocycles. The molecule has 0 fully saturated rings. The summed E-state index contributed by atoms with van der Waals surface area (Å²) in [6.45, 7) is 0. The Morgan fingerprint density at radius 2 is 2.00 bits per heavy atom. The lowest BCUT2D eigenvalue weighted by Gasteiger charge is -2.19. The smallest absolute Gasteiger partial charge is 0.224 e. The Morgan fingerprint density at radius 1 is 1.11 bits per heavy atom. The third kappa shape index (κ3) is 2.52. The van der Waals surface area contributed by atoms with Crippen LogP contribution in [0.3, 0.4) is 0 Å². The number of aryl methyl sites for hydroxylation is 1. The molecule has 1 aliphatic carbocycles. The molecule has 0 aliphatic heterocycles. The number of nitrogens with one attached hydrogen (secondary N) is 2. The van der Waals surface area contributed by atoms with Crippen LogP contribution in [0.4, 0.5) is 17.5 Å². The Kier molecular flexibility index (Phi) is 3.31. The molecular formula is C15H18N4. The molecule has 0 saturated carbocycles. The lowest BCUT2D eigenvalue weighted by molar-refractivity contribution is 0.687. The first-order valence-electron chi connectivity index (χ1n) is 6.75. The van der Waals surface area contributed by atoms with E-state index >= 15 is 0 Å². The van der Waals surface area contributed by atoms with Crippen LogP contribution in [0.25, 0.3) is 0 Å². The van der Waals surface area contributed by atoms with Crippen LogP contribution < -0.4 is 10.6 Å². The van der Waals surface area contributed by atoms with Gasteiger partial charge in [-0.2, -0.15) is 4.98 Å². The van der Waals surface area contributed by atoms with Gasteiger partial charge in [-0.3, -0.25) is 0 Å². The molecule has 2 N–H and O–H groups in total. The van der Waals surface area contributed by atoms with Crippen molar-refractivity contribution in [2.75, 3.05) is 17.7 Å². The standard InChI is InChI=1S/C15H18N4/c1-16-15-17-10-9-14(19-15)18-13-8-4-6-11-5-2-3-7-12(11)13/h4,6,8-10H,2-3,5,7H2,1H3,(H2,16,17,18,19). The number of nitrogens with zero attached hydrogens (tertiary/aromatic N) is 2. The van der Waals surface area contributed by atoms with E-state index in [2.05, 4.69) is 38.8 Å². The molecule has 4 heteroatoms. The van der Waals surface area contributed by atoms with E-state index in [0.29, 0.717) is 5.95 Å². The van der Waals surface area contributed by atoms with Crippen LogP contribution in [-0.4, -0.2) is 17.0 Å². The van der Waals surface area contributed by atoms with Gasteiger partial charge < -0.3 is 10.6 Å². The number of fused-ring (bicyclic) bond motifs is 1. The van der Waals surface area contributed by atoms with Crippen LogP contribution in [0.2, 0.25) is 0 Å². The van der Waals surface area contributed by atoms with Crippen molar-refractivity contribution in [1.29, 1.82) is 0 Å². The first-order valence-corrected chi connectivity index (χ1v) is 6.75. The summed E-state index contributed by atoms with van der Waals surface area (Å²) in [4.78, 5) is 8.53. The zero-order valence-corrected chi connectivity index (χ0v) is 11.1. The molecule has 0 amide bonds. The first-order chi connectivity index (χ1) is 9.36. The van der Waals surface area contributed by atoms with E-state index in [-0.39, 0.29) is 0 Å². The Bertz CT molecular complexity index is 580. The van der Waals surface area contributed by atoms with Crippen LogP contribution in [-0.2, 0) is 12.8 Å². The summed E-state index contributed by atoms with van der Waals surface area (Å²) < 4.78 is 0. The molecule has 1 heterocycles. The van der Waals surface area contributed by atoms with Gasteiger partial charge >= 0.3 is 0 Å². The van der Waals surface area contributed by atoms with E-state index in [1.54, 1.807) is 6.20 Å². The summed E-state index contributed by atoms with van der Waals surface area (Å²) in [6, 6.07) is 8.37. The maximum atomic E-state index is 4.40. The summed E-state index contributed by atoms with van der Waals surface area (Å²) >= 11 is 0. The van der Waals surface area contributed by atoms with Gasteiger partial charge in [0.2, 0.25) is 5.95 Å². The summed E-state index contributed by atoms with van der Waals surface area (Å²) in [7, 11) is 1.82. The largest absolute Gasteiger partial charge is 0.357 e. The van der Waals surface area contributed by atoms with E-state index in [9.17, 15) is 0 Å². The molecule has 0 saturated heterocycles. The van der Waals surface area contributed by atoms with Crippen molar-refractivity contribution in [1.82, 2.24) is 9.97 Å².